The molecule has 0 radical (unpaired) electrons. The second kappa shape index (κ2) is 9.12. The number of rotatable bonds is 4. The lowest BCUT2D eigenvalue weighted by Gasteiger charge is -2.37. The van der Waals surface area contributed by atoms with Crippen LogP contribution in [-0.4, -0.2) is 59.7 Å². The van der Waals surface area contributed by atoms with Gasteiger partial charge in [-0.2, -0.15) is 5.26 Å². The summed E-state index contributed by atoms with van der Waals surface area (Å²) < 4.78 is 14.6. The number of nitrogens with one attached hydrogen (secondary N) is 1. The monoisotopic (exact) mass is 475 g/mol. The Balaban J connectivity index is 1.31. The van der Waals surface area contributed by atoms with Gasteiger partial charge in [0, 0.05) is 62.5 Å². The van der Waals surface area contributed by atoms with Gasteiger partial charge in [-0.3, -0.25) is 24.6 Å². The van der Waals surface area contributed by atoms with E-state index >= 15 is 0 Å². The molecule has 2 fully saturated rings. The van der Waals surface area contributed by atoms with Crippen LogP contribution in [0.25, 0.3) is 0 Å². The Labute approximate surface area is 202 Å². The molecule has 2 saturated heterocycles. The van der Waals surface area contributed by atoms with Gasteiger partial charge in [0.05, 0.1) is 11.6 Å². The number of carbonyl (C=O) groups is 3. The molecule has 0 saturated carbocycles. The van der Waals surface area contributed by atoms with Crippen LogP contribution in [0.4, 0.5) is 10.1 Å². The van der Waals surface area contributed by atoms with Gasteiger partial charge in [0.1, 0.15) is 11.9 Å². The van der Waals surface area contributed by atoms with Crippen molar-refractivity contribution in [2.75, 3.05) is 31.1 Å². The quantitative estimate of drug-likeness (QED) is 0.681. The lowest BCUT2D eigenvalue weighted by molar-refractivity contribution is -0.136. The van der Waals surface area contributed by atoms with E-state index in [-0.39, 0.29) is 36.8 Å². The Hall–Kier alpha value is -3.77. The fraction of sp³-hybridized carbons (Fsp3) is 0.385. The fourth-order valence-corrected chi connectivity index (χ4v) is 5.25. The maximum atomic E-state index is 14.6. The molecule has 3 heterocycles. The minimum atomic E-state index is -0.729. The summed E-state index contributed by atoms with van der Waals surface area (Å²) in [7, 11) is 0. The van der Waals surface area contributed by atoms with Crippen molar-refractivity contribution < 1.29 is 18.8 Å². The largest absolute Gasteiger partial charge is 0.369 e. The molecule has 0 aliphatic carbocycles. The number of piperazine rings is 1. The van der Waals surface area contributed by atoms with E-state index in [1.165, 1.54) is 17.0 Å². The van der Waals surface area contributed by atoms with Crippen molar-refractivity contribution in [2.24, 2.45) is 0 Å². The number of hydrogen-bond donors (Lipinski definition) is 1. The lowest BCUT2D eigenvalue weighted by atomic mass is 10.0. The number of nitriles is 1. The van der Waals surface area contributed by atoms with Crippen LogP contribution in [0, 0.1) is 24.1 Å². The van der Waals surface area contributed by atoms with Crippen LogP contribution in [0.5, 0.6) is 0 Å². The van der Waals surface area contributed by atoms with E-state index < -0.39 is 17.8 Å². The Bertz CT molecular complexity index is 1260. The van der Waals surface area contributed by atoms with Gasteiger partial charge in [0.2, 0.25) is 11.8 Å². The number of amides is 3. The molecule has 0 aromatic heterocycles. The predicted molar refractivity (Wildman–Crippen MR) is 126 cm³/mol. The maximum Gasteiger partial charge on any atom is 0.255 e. The Kier molecular flexibility index (Phi) is 5.99. The summed E-state index contributed by atoms with van der Waals surface area (Å²) in [5.41, 5.74) is 4.50. The summed E-state index contributed by atoms with van der Waals surface area (Å²) in [5, 5.41) is 11.6. The van der Waals surface area contributed by atoms with Gasteiger partial charge in [-0.15, -0.1) is 0 Å². The topological polar surface area (TPSA) is 96.8 Å². The van der Waals surface area contributed by atoms with E-state index in [4.69, 9.17) is 0 Å². The van der Waals surface area contributed by atoms with Gasteiger partial charge in [0.25, 0.3) is 5.91 Å². The Morgan fingerprint density at radius 2 is 1.91 bits per heavy atom. The SMILES string of the molecule is Cc1c(C#N)cccc1CN1CCN(c2cc(F)cc3c2CN(C2CCC(=O)NC2=O)C3=O)CC1. The van der Waals surface area contributed by atoms with Gasteiger partial charge in [-0.1, -0.05) is 12.1 Å². The van der Waals surface area contributed by atoms with Crippen LogP contribution >= 0.6 is 0 Å². The number of anilines is 1. The van der Waals surface area contributed by atoms with E-state index in [2.05, 4.69) is 21.2 Å². The summed E-state index contributed by atoms with van der Waals surface area (Å²) in [6.45, 7) is 5.76. The maximum absolute atomic E-state index is 14.6. The van der Waals surface area contributed by atoms with E-state index in [1.807, 2.05) is 25.1 Å². The highest BCUT2D eigenvalue weighted by molar-refractivity contribution is 6.06. The van der Waals surface area contributed by atoms with Crippen molar-refractivity contribution >= 4 is 23.4 Å². The second-order valence-electron chi connectivity index (χ2n) is 9.32. The zero-order valence-electron chi connectivity index (χ0n) is 19.5. The first-order valence-corrected chi connectivity index (χ1v) is 11.8. The van der Waals surface area contributed by atoms with Crippen LogP contribution in [0.15, 0.2) is 30.3 Å². The molecule has 2 aromatic carbocycles. The molecular formula is C26H26FN5O3. The van der Waals surface area contributed by atoms with Crippen molar-refractivity contribution in [3.05, 3.63) is 64.0 Å². The van der Waals surface area contributed by atoms with Gasteiger partial charge in [0.15, 0.2) is 0 Å². The molecule has 180 valence electrons. The second-order valence-corrected chi connectivity index (χ2v) is 9.32. The normalized spacial score (nSPS) is 20.6. The minimum absolute atomic E-state index is 0.177. The first-order valence-electron chi connectivity index (χ1n) is 11.8. The summed E-state index contributed by atoms with van der Waals surface area (Å²) in [4.78, 5) is 42.8. The van der Waals surface area contributed by atoms with Crippen LogP contribution in [0.3, 0.4) is 0 Å². The number of halogens is 1. The van der Waals surface area contributed by atoms with Gasteiger partial charge in [-0.25, -0.2) is 4.39 Å². The number of imide groups is 1. The molecular weight excluding hydrogens is 449 g/mol. The standard InChI is InChI=1S/C26H26FN5O3/c1-16-17(13-28)3-2-4-18(16)14-30-7-9-31(10-8-30)23-12-19(27)11-20-21(23)15-32(26(20)35)22-5-6-24(33)29-25(22)34/h2-4,11-12,22H,5-10,14-15H2,1H3,(H,29,33,34). The molecule has 0 spiro atoms. The number of benzene rings is 2. The van der Waals surface area contributed by atoms with Crippen LogP contribution in [-0.2, 0) is 22.7 Å². The van der Waals surface area contributed by atoms with Gasteiger partial charge in [-0.05, 0) is 42.7 Å². The molecule has 2 aromatic rings. The molecule has 3 amide bonds. The van der Waals surface area contributed by atoms with Gasteiger partial charge < -0.3 is 9.80 Å². The van der Waals surface area contributed by atoms with Crippen LogP contribution in [0.1, 0.15) is 45.5 Å². The zero-order valence-corrected chi connectivity index (χ0v) is 19.5. The van der Waals surface area contributed by atoms with Crippen LogP contribution < -0.4 is 10.2 Å². The van der Waals surface area contributed by atoms with Crippen molar-refractivity contribution in [1.29, 1.82) is 5.26 Å². The number of piperidine rings is 1. The van der Waals surface area contributed by atoms with Crippen LogP contribution in [0.2, 0.25) is 0 Å². The average Bonchev–Trinajstić information content (AvgIpc) is 3.16. The highest BCUT2D eigenvalue weighted by atomic mass is 19.1. The molecule has 1 atom stereocenters. The first-order chi connectivity index (χ1) is 16.9. The third kappa shape index (κ3) is 4.26. The fourth-order valence-electron chi connectivity index (χ4n) is 5.25. The number of fused-ring (bicyclic) bond motifs is 1. The molecule has 3 aliphatic rings. The zero-order chi connectivity index (χ0) is 24.7. The third-order valence-electron chi connectivity index (χ3n) is 7.27. The van der Waals surface area contributed by atoms with Crippen molar-refractivity contribution in [3.63, 3.8) is 0 Å². The summed E-state index contributed by atoms with van der Waals surface area (Å²) in [5.74, 6) is -1.67. The molecule has 3 aliphatic heterocycles. The Morgan fingerprint density at radius 3 is 2.63 bits per heavy atom. The Morgan fingerprint density at radius 1 is 1.14 bits per heavy atom. The molecule has 5 rings (SSSR count). The highest BCUT2D eigenvalue weighted by Gasteiger charge is 2.41. The molecule has 9 heteroatoms. The third-order valence-corrected chi connectivity index (χ3v) is 7.27. The number of hydrogen-bond acceptors (Lipinski definition) is 6. The molecule has 35 heavy (non-hydrogen) atoms. The lowest BCUT2D eigenvalue weighted by Crippen LogP contribution is -2.52. The predicted octanol–water partition coefficient (Wildman–Crippen LogP) is 2.09. The molecule has 0 bridgehead atoms. The first kappa shape index (κ1) is 23.0. The van der Waals surface area contributed by atoms with E-state index in [1.54, 1.807) is 0 Å². The molecule has 1 N–H and O–H groups in total. The average molecular weight is 476 g/mol. The molecule has 8 nitrogen and oxygen atoms in total. The van der Waals surface area contributed by atoms with E-state index in [0.29, 0.717) is 24.3 Å². The summed E-state index contributed by atoms with van der Waals surface area (Å²) in [6.07, 6.45) is 0.448. The summed E-state index contributed by atoms with van der Waals surface area (Å²) in [6, 6.07) is 9.97. The number of nitrogens with zero attached hydrogens (tertiary/aromatic N) is 4. The highest BCUT2D eigenvalue weighted by Crippen LogP contribution is 2.35. The smallest absolute Gasteiger partial charge is 0.255 e. The molecule has 1 unspecified atom stereocenters. The van der Waals surface area contributed by atoms with Gasteiger partial charge >= 0.3 is 0 Å². The minimum Gasteiger partial charge on any atom is -0.369 e. The van der Waals surface area contributed by atoms with E-state index in [0.717, 1.165) is 36.3 Å². The number of carbonyl (C=O) groups excluding carboxylic acids is 3. The van der Waals surface area contributed by atoms with Crippen molar-refractivity contribution in [1.82, 2.24) is 15.1 Å². The van der Waals surface area contributed by atoms with Crippen molar-refractivity contribution in [2.45, 2.75) is 38.9 Å². The van der Waals surface area contributed by atoms with Crippen molar-refractivity contribution in [3.8, 4) is 6.07 Å². The van der Waals surface area contributed by atoms with E-state index in [9.17, 15) is 24.0 Å². The summed E-state index contributed by atoms with van der Waals surface area (Å²) >= 11 is 0.